The summed E-state index contributed by atoms with van der Waals surface area (Å²) in [5, 5.41) is 10.7. The SMILES string of the molecule is COC(=O)C(C)CN(C)C(=O)c1ccc([N+](=O)[O-])cc1C. The second kappa shape index (κ2) is 6.83. The predicted octanol–water partition coefficient (Wildman–Crippen LogP) is 1.78. The number of amides is 1. The highest BCUT2D eigenvalue weighted by Gasteiger charge is 2.21. The van der Waals surface area contributed by atoms with Gasteiger partial charge in [0.2, 0.25) is 0 Å². The van der Waals surface area contributed by atoms with Gasteiger partial charge in [0, 0.05) is 31.3 Å². The second-order valence-corrected chi connectivity index (χ2v) is 4.87. The van der Waals surface area contributed by atoms with Crippen molar-refractivity contribution >= 4 is 17.6 Å². The minimum atomic E-state index is -0.510. The Hall–Kier alpha value is -2.44. The summed E-state index contributed by atoms with van der Waals surface area (Å²) >= 11 is 0. The van der Waals surface area contributed by atoms with Crippen LogP contribution in [-0.2, 0) is 9.53 Å². The quantitative estimate of drug-likeness (QED) is 0.469. The maximum Gasteiger partial charge on any atom is 0.310 e. The highest BCUT2D eigenvalue weighted by Crippen LogP contribution is 2.18. The standard InChI is InChI=1S/C14H18N2O5/c1-9-7-11(16(19)20)5-6-12(9)13(17)15(3)8-10(2)14(18)21-4/h5-7,10H,8H2,1-4H3. The summed E-state index contributed by atoms with van der Waals surface area (Å²) in [6.45, 7) is 3.51. The fourth-order valence-electron chi connectivity index (χ4n) is 1.98. The molecular formula is C14H18N2O5. The lowest BCUT2D eigenvalue weighted by atomic mass is 10.1. The summed E-state index contributed by atoms with van der Waals surface area (Å²) in [5.74, 6) is -1.13. The highest BCUT2D eigenvalue weighted by molar-refractivity contribution is 5.96. The van der Waals surface area contributed by atoms with E-state index in [9.17, 15) is 19.7 Å². The van der Waals surface area contributed by atoms with Crippen molar-refractivity contribution in [3.8, 4) is 0 Å². The van der Waals surface area contributed by atoms with Crippen LogP contribution in [0.1, 0.15) is 22.8 Å². The smallest absolute Gasteiger partial charge is 0.310 e. The van der Waals surface area contributed by atoms with Crippen LogP contribution in [0.2, 0.25) is 0 Å². The molecule has 0 fully saturated rings. The highest BCUT2D eigenvalue weighted by atomic mass is 16.6. The number of nitrogens with zero attached hydrogens (tertiary/aromatic N) is 2. The van der Waals surface area contributed by atoms with E-state index in [1.54, 1.807) is 20.9 Å². The summed E-state index contributed by atoms with van der Waals surface area (Å²) in [6, 6.07) is 4.07. The van der Waals surface area contributed by atoms with Gasteiger partial charge in [-0.05, 0) is 18.6 Å². The van der Waals surface area contributed by atoms with Gasteiger partial charge in [0.25, 0.3) is 11.6 Å². The van der Waals surface area contributed by atoms with Gasteiger partial charge in [-0.1, -0.05) is 6.92 Å². The molecule has 0 aliphatic rings. The van der Waals surface area contributed by atoms with Crippen molar-refractivity contribution in [2.75, 3.05) is 20.7 Å². The average Bonchev–Trinajstić information content (AvgIpc) is 2.45. The van der Waals surface area contributed by atoms with Crippen LogP contribution in [0.5, 0.6) is 0 Å². The normalized spacial score (nSPS) is 11.6. The summed E-state index contributed by atoms with van der Waals surface area (Å²) in [7, 11) is 2.86. The van der Waals surface area contributed by atoms with E-state index in [0.717, 1.165) is 0 Å². The van der Waals surface area contributed by atoms with Crippen molar-refractivity contribution in [3.63, 3.8) is 0 Å². The minimum Gasteiger partial charge on any atom is -0.469 e. The summed E-state index contributed by atoms with van der Waals surface area (Å²) in [4.78, 5) is 35.2. The van der Waals surface area contributed by atoms with Gasteiger partial charge >= 0.3 is 5.97 Å². The number of methoxy groups -OCH3 is 1. The first-order valence-corrected chi connectivity index (χ1v) is 6.36. The first kappa shape index (κ1) is 16.6. The zero-order valence-electron chi connectivity index (χ0n) is 12.5. The Bertz CT molecular complexity index is 570. The largest absolute Gasteiger partial charge is 0.469 e. The van der Waals surface area contributed by atoms with Crippen LogP contribution in [0.25, 0.3) is 0 Å². The van der Waals surface area contributed by atoms with E-state index in [4.69, 9.17) is 0 Å². The molecule has 1 unspecified atom stereocenters. The van der Waals surface area contributed by atoms with Gasteiger partial charge < -0.3 is 9.64 Å². The number of rotatable bonds is 5. The summed E-state index contributed by atoms with van der Waals surface area (Å²) in [6.07, 6.45) is 0. The van der Waals surface area contributed by atoms with E-state index >= 15 is 0 Å². The van der Waals surface area contributed by atoms with Gasteiger partial charge in [0.15, 0.2) is 0 Å². The van der Waals surface area contributed by atoms with Gasteiger partial charge in [0.1, 0.15) is 0 Å². The van der Waals surface area contributed by atoms with Gasteiger partial charge in [-0.3, -0.25) is 19.7 Å². The molecule has 114 valence electrons. The van der Waals surface area contributed by atoms with E-state index in [1.165, 1.54) is 30.2 Å². The molecule has 0 N–H and O–H groups in total. The molecule has 7 heteroatoms. The molecule has 0 bridgehead atoms. The monoisotopic (exact) mass is 294 g/mol. The molecule has 0 saturated carbocycles. The molecule has 0 aliphatic heterocycles. The van der Waals surface area contributed by atoms with Crippen LogP contribution in [-0.4, -0.2) is 42.4 Å². The number of non-ortho nitro benzene ring substituents is 1. The molecule has 0 saturated heterocycles. The van der Waals surface area contributed by atoms with Crippen LogP contribution in [0.3, 0.4) is 0 Å². The third-order valence-electron chi connectivity index (χ3n) is 3.15. The average molecular weight is 294 g/mol. The molecule has 1 aromatic carbocycles. The molecule has 1 aromatic rings. The maximum absolute atomic E-state index is 12.3. The van der Waals surface area contributed by atoms with E-state index in [0.29, 0.717) is 11.1 Å². The van der Waals surface area contributed by atoms with Gasteiger partial charge in [-0.25, -0.2) is 0 Å². The van der Waals surface area contributed by atoms with E-state index in [1.807, 2.05) is 0 Å². The third kappa shape index (κ3) is 4.01. The number of carbonyl (C=O) groups excluding carboxylic acids is 2. The molecule has 1 rings (SSSR count). The zero-order valence-corrected chi connectivity index (χ0v) is 12.5. The molecule has 1 amide bonds. The second-order valence-electron chi connectivity index (χ2n) is 4.87. The van der Waals surface area contributed by atoms with Gasteiger partial charge in [0.05, 0.1) is 18.0 Å². The first-order chi connectivity index (χ1) is 9.77. The number of hydrogen-bond donors (Lipinski definition) is 0. The lowest BCUT2D eigenvalue weighted by Crippen LogP contribution is -2.34. The molecule has 0 heterocycles. The van der Waals surface area contributed by atoms with E-state index in [2.05, 4.69) is 4.74 Å². The number of esters is 1. The summed E-state index contributed by atoms with van der Waals surface area (Å²) < 4.78 is 4.61. The Kier molecular flexibility index (Phi) is 5.40. The lowest BCUT2D eigenvalue weighted by Gasteiger charge is -2.21. The van der Waals surface area contributed by atoms with Crippen LogP contribution < -0.4 is 0 Å². The number of carbonyl (C=O) groups is 2. The number of nitro groups is 1. The van der Waals surface area contributed by atoms with Crippen molar-refractivity contribution in [3.05, 3.63) is 39.4 Å². The van der Waals surface area contributed by atoms with Crippen LogP contribution in [0, 0.1) is 23.0 Å². The third-order valence-corrected chi connectivity index (χ3v) is 3.15. The minimum absolute atomic E-state index is 0.0605. The topological polar surface area (TPSA) is 89.8 Å². The Morgan fingerprint density at radius 2 is 2.05 bits per heavy atom. The van der Waals surface area contributed by atoms with Gasteiger partial charge in [-0.15, -0.1) is 0 Å². The van der Waals surface area contributed by atoms with Crippen molar-refractivity contribution < 1.29 is 19.2 Å². The fraction of sp³-hybridized carbons (Fsp3) is 0.429. The van der Waals surface area contributed by atoms with Crippen LogP contribution in [0.15, 0.2) is 18.2 Å². The molecule has 21 heavy (non-hydrogen) atoms. The molecule has 0 spiro atoms. The molecule has 1 atom stereocenters. The Balaban J connectivity index is 2.88. The number of aryl methyl sites for hydroxylation is 1. The van der Waals surface area contributed by atoms with E-state index < -0.39 is 16.8 Å². The molecule has 0 radical (unpaired) electrons. The number of benzene rings is 1. The maximum atomic E-state index is 12.3. The Morgan fingerprint density at radius 1 is 1.43 bits per heavy atom. The van der Waals surface area contributed by atoms with Crippen molar-refractivity contribution in [2.45, 2.75) is 13.8 Å². The summed E-state index contributed by atoms with van der Waals surface area (Å²) in [5.41, 5.74) is 0.835. The van der Waals surface area contributed by atoms with Crippen molar-refractivity contribution in [1.82, 2.24) is 4.90 Å². The van der Waals surface area contributed by atoms with Crippen LogP contribution in [0.4, 0.5) is 5.69 Å². The fourth-order valence-corrected chi connectivity index (χ4v) is 1.98. The predicted molar refractivity (Wildman–Crippen MR) is 76.0 cm³/mol. The van der Waals surface area contributed by atoms with Crippen molar-refractivity contribution in [2.24, 2.45) is 5.92 Å². The Labute approximate surface area is 122 Å². The number of hydrogen-bond acceptors (Lipinski definition) is 5. The van der Waals surface area contributed by atoms with Crippen molar-refractivity contribution in [1.29, 1.82) is 0 Å². The molecule has 0 aliphatic carbocycles. The number of ether oxygens (including phenoxy) is 1. The first-order valence-electron chi connectivity index (χ1n) is 6.36. The molecule has 0 aromatic heterocycles. The van der Waals surface area contributed by atoms with E-state index in [-0.39, 0.29) is 18.1 Å². The zero-order chi connectivity index (χ0) is 16.2. The molecular weight excluding hydrogens is 276 g/mol. The number of nitro benzene ring substituents is 1. The molecule has 7 nitrogen and oxygen atoms in total. The van der Waals surface area contributed by atoms with Gasteiger partial charge in [-0.2, -0.15) is 0 Å². The Morgan fingerprint density at radius 3 is 2.52 bits per heavy atom. The van der Waals surface area contributed by atoms with Crippen LogP contribution >= 0.6 is 0 Å². The lowest BCUT2D eigenvalue weighted by molar-refractivity contribution is -0.384.